The summed E-state index contributed by atoms with van der Waals surface area (Å²) < 4.78 is 5.12. The molecule has 15 heavy (non-hydrogen) atoms. The first-order valence-electron chi connectivity index (χ1n) is 5.30. The molecule has 4 nitrogen and oxygen atoms in total. The molecule has 0 aromatic carbocycles. The Morgan fingerprint density at radius 2 is 2.27 bits per heavy atom. The lowest BCUT2D eigenvalue weighted by atomic mass is 9.98. The highest BCUT2D eigenvalue weighted by molar-refractivity contribution is 5.86. The van der Waals surface area contributed by atoms with Gasteiger partial charge in [-0.15, -0.1) is 0 Å². The van der Waals surface area contributed by atoms with Gasteiger partial charge < -0.3 is 15.5 Å². The molecule has 82 valence electrons. The first kappa shape index (κ1) is 10.2. The molecule has 1 aliphatic carbocycles. The molecule has 0 spiro atoms. The second-order valence-electron chi connectivity index (χ2n) is 4.13. The van der Waals surface area contributed by atoms with Gasteiger partial charge in [0.25, 0.3) is 0 Å². The van der Waals surface area contributed by atoms with Crippen LogP contribution in [0.5, 0.6) is 0 Å². The molecule has 0 aliphatic heterocycles. The average molecular weight is 208 g/mol. The fourth-order valence-electron chi connectivity index (χ4n) is 1.99. The molecule has 2 rings (SSSR count). The number of carbonyl (C=O) groups is 1. The molecule has 1 aromatic rings. The van der Waals surface area contributed by atoms with Crippen molar-refractivity contribution in [3.8, 4) is 0 Å². The minimum absolute atomic E-state index is 0.0589. The molecular formula is C11H16N2O2. The largest absolute Gasteiger partial charge is 0.467 e. The Bertz CT molecular complexity index is 326. The number of carbonyl (C=O) groups excluding carboxylic acids is 1. The predicted octanol–water partition coefficient (Wildman–Crippen LogP) is 1.17. The van der Waals surface area contributed by atoms with E-state index in [9.17, 15) is 4.79 Å². The van der Waals surface area contributed by atoms with Crippen molar-refractivity contribution in [2.24, 2.45) is 5.73 Å². The van der Waals surface area contributed by atoms with Crippen molar-refractivity contribution in [2.45, 2.75) is 37.8 Å². The molecule has 1 saturated carbocycles. The van der Waals surface area contributed by atoms with E-state index in [1.54, 1.807) is 12.3 Å². The van der Waals surface area contributed by atoms with Crippen LogP contribution in [-0.2, 0) is 11.3 Å². The summed E-state index contributed by atoms with van der Waals surface area (Å²) in [6, 6.07) is 3.63. The highest BCUT2D eigenvalue weighted by Gasteiger charge is 2.36. The number of nitrogens with two attached hydrogens (primary N) is 1. The third-order valence-electron chi connectivity index (χ3n) is 2.95. The predicted molar refractivity (Wildman–Crippen MR) is 55.9 cm³/mol. The normalized spacial score (nSPS) is 19.0. The monoisotopic (exact) mass is 208 g/mol. The van der Waals surface area contributed by atoms with Crippen LogP contribution in [0.25, 0.3) is 0 Å². The zero-order valence-electron chi connectivity index (χ0n) is 8.66. The smallest absolute Gasteiger partial charge is 0.240 e. The lowest BCUT2D eigenvalue weighted by Gasteiger charge is -2.21. The lowest BCUT2D eigenvalue weighted by molar-refractivity contribution is -0.126. The number of rotatable bonds is 3. The van der Waals surface area contributed by atoms with Gasteiger partial charge in [0.1, 0.15) is 5.76 Å². The molecule has 1 aliphatic rings. The summed E-state index contributed by atoms with van der Waals surface area (Å²) >= 11 is 0. The molecule has 1 heterocycles. The quantitative estimate of drug-likeness (QED) is 0.783. The van der Waals surface area contributed by atoms with Gasteiger partial charge in [-0.2, -0.15) is 0 Å². The Balaban J connectivity index is 1.87. The third kappa shape index (κ3) is 2.21. The van der Waals surface area contributed by atoms with Crippen molar-refractivity contribution in [3.63, 3.8) is 0 Å². The Morgan fingerprint density at radius 3 is 2.87 bits per heavy atom. The second kappa shape index (κ2) is 4.06. The summed E-state index contributed by atoms with van der Waals surface area (Å²) in [7, 11) is 0. The Labute approximate surface area is 88.8 Å². The van der Waals surface area contributed by atoms with Crippen molar-refractivity contribution in [3.05, 3.63) is 24.2 Å². The molecule has 3 N–H and O–H groups in total. The van der Waals surface area contributed by atoms with Crippen LogP contribution >= 0.6 is 0 Å². The lowest BCUT2D eigenvalue weighted by Crippen LogP contribution is -2.51. The van der Waals surface area contributed by atoms with Crippen molar-refractivity contribution < 1.29 is 9.21 Å². The van der Waals surface area contributed by atoms with Crippen LogP contribution in [0, 0.1) is 0 Å². The minimum Gasteiger partial charge on any atom is -0.467 e. The van der Waals surface area contributed by atoms with Crippen molar-refractivity contribution in [1.29, 1.82) is 0 Å². The van der Waals surface area contributed by atoms with Crippen LogP contribution in [0.2, 0.25) is 0 Å². The molecular weight excluding hydrogens is 192 g/mol. The van der Waals surface area contributed by atoms with E-state index in [0.29, 0.717) is 6.54 Å². The summed E-state index contributed by atoms with van der Waals surface area (Å²) in [6.45, 7) is 0.421. The van der Waals surface area contributed by atoms with E-state index in [1.807, 2.05) is 6.07 Å². The Morgan fingerprint density at radius 1 is 1.53 bits per heavy atom. The maximum atomic E-state index is 11.8. The van der Waals surface area contributed by atoms with Crippen LogP contribution in [0.15, 0.2) is 22.8 Å². The van der Waals surface area contributed by atoms with Gasteiger partial charge in [-0.1, -0.05) is 12.8 Å². The van der Waals surface area contributed by atoms with Gasteiger partial charge in [0.05, 0.1) is 18.3 Å². The summed E-state index contributed by atoms with van der Waals surface area (Å²) in [4.78, 5) is 11.8. The average Bonchev–Trinajstić information content (AvgIpc) is 2.85. The molecule has 1 amide bonds. The van der Waals surface area contributed by atoms with Crippen LogP contribution in [-0.4, -0.2) is 11.4 Å². The molecule has 0 atom stereocenters. The van der Waals surface area contributed by atoms with Gasteiger partial charge >= 0.3 is 0 Å². The molecule has 1 fully saturated rings. The molecule has 0 unspecified atom stereocenters. The topological polar surface area (TPSA) is 68.3 Å². The van der Waals surface area contributed by atoms with Gasteiger partial charge in [0.2, 0.25) is 5.91 Å². The van der Waals surface area contributed by atoms with Crippen LogP contribution in [0.1, 0.15) is 31.4 Å². The first-order valence-corrected chi connectivity index (χ1v) is 5.30. The first-order chi connectivity index (χ1) is 7.21. The van der Waals surface area contributed by atoms with Crippen molar-refractivity contribution in [1.82, 2.24) is 5.32 Å². The number of hydrogen-bond acceptors (Lipinski definition) is 3. The second-order valence-corrected chi connectivity index (χ2v) is 4.13. The maximum Gasteiger partial charge on any atom is 0.240 e. The Kier molecular flexibility index (Phi) is 2.77. The van der Waals surface area contributed by atoms with E-state index in [2.05, 4.69) is 5.32 Å². The van der Waals surface area contributed by atoms with Crippen LogP contribution in [0.3, 0.4) is 0 Å². The molecule has 0 radical (unpaired) electrons. The SMILES string of the molecule is NC1(C(=O)NCc2ccco2)CCCC1. The van der Waals surface area contributed by atoms with E-state index < -0.39 is 5.54 Å². The minimum atomic E-state index is -0.646. The van der Waals surface area contributed by atoms with E-state index in [1.165, 1.54) is 0 Å². The molecule has 4 heteroatoms. The fourth-order valence-corrected chi connectivity index (χ4v) is 1.99. The fraction of sp³-hybridized carbons (Fsp3) is 0.545. The molecule has 1 aromatic heterocycles. The number of amides is 1. The van der Waals surface area contributed by atoms with Gasteiger partial charge in [0, 0.05) is 0 Å². The van der Waals surface area contributed by atoms with E-state index in [4.69, 9.17) is 10.2 Å². The maximum absolute atomic E-state index is 11.8. The number of nitrogens with one attached hydrogen (secondary N) is 1. The van der Waals surface area contributed by atoms with E-state index in [0.717, 1.165) is 31.4 Å². The third-order valence-corrected chi connectivity index (χ3v) is 2.95. The summed E-state index contributed by atoms with van der Waals surface area (Å²) in [6.07, 6.45) is 5.26. The Hall–Kier alpha value is -1.29. The van der Waals surface area contributed by atoms with Gasteiger partial charge in [0.15, 0.2) is 0 Å². The molecule has 0 bridgehead atoms. The van der Waals surface area contributed by atoms with E-state index in [-0.39, 0.29) is 5.91 Å². The number of furan rings is 1. The zero-order valence-corrected chi connectivity index (χ0v) is 8.66. The van der Waals surface area contributed by atoms with Crippen molar-refractivity contribution in [2.75, 3.05) is 0 Å². The van der Waals surface area contributed by atoms with Gasteiger partial charge in [-0.05, 0) is 25.0 Å². The van der Waals surface area contributed by atoms with E-state index >= 15 is 0 Å². The summed E-state index contributed by atoms with van der Waals surface area (Å²) in [5, 5.41) is 2.81. The highest BCUT2D eigenvalue weighted by Crippen LogP contribution is 2.27. The van der Waals surface area contributed by atoms with Crippen LogP contribution in [0.4, 0.5) is 0 Å². The molecule has 0 saturated heterocycles. The zero-order chi connectivity index (χ0) is 10.7. The summed E-state index contributed by atoms with van der Waals surface area (Å²) in [5.74, 6) is 0.696. The summed E-state index contributed by atoms with van der Waals surface area (Å²) in [5.41, 5.74) is 5.35. The number of hydrogen-bond donors (Lipinski definition) is 2. The standard InChI is InChI=1S/C11H16N2O2/c12-11(5-1-2-6-11)10(14)13-8-9-4-3-7-15-9/h3-4,7H,1-2,5-6,8,12H2,(H,13,14). The van der Waals surface area contributed by atoms with Crippen molar-refractivity contribution >= 4 is 5.91 Å². The van der Waals surface area contributed by atoms with Crippen LogP contribution < -0.4 is 11.1 Å². The van der Waals surface area contributed by atoms with Gasteiger partial charge in [-0.3, -0.25) is 4.79 Å². The highest BCUT2D eigenvalue weighted by atomic mass is 16.3. The van der Waals surface area contributed by atoms with Gasteiger partial charge in [-0.25, -0.2) is 0 Å².